The SMILES string of the molecule is Cc1cn([C@@H]2O[C@@H](CO)[C@@H](O)[C@@H](O)[C@H]2O)c(=O)[nH]c1=O. The van der Waals surface area contributed by atoms with Crippen molar-refractivity contribution in [2.75, 3.05) is 6.61 Å². The summed E-state index contributed by atoms with van der Waals surface area (Å²) in [7, 11) is 0. The summed E-state index contributed by atoms with van der Waals surface area (Å²) in [4.78, 5) is 25.1. The van der Waals surface area contributed by atoms with Gasteiger partial charge < -0.3 is 25.2 Å². The van der Waals surface area contributed by atoms with Crippen LogP contribution >= 0.6 is 0 Å². The maximum Gasteiger partial charge on any atom is 0.330 e. The standard InChI is InChI=1S/C11H16N2O7/c1-4-2-13(11(19)12-9(4)18)10-8(17)7(16)6(15)5(3-14)20-10/h2,5-8,10,14-17H,3H2,1H3,(H,12,18,19)/t5-,6+,7+,8+,10+/m0/s1. The first kappa shape index (κ1) is 14.9. The Hall–Kier alpha value is -1.52. The molecule has 1 saturated heterocycles. The van der Waals surface area contributed by atoms with E-state index in [1.807, 2.05) is 4.98 Å². The average molecular weight is 288 g/mol. The Balaban J connectivity index is 2.44. The third kappa shape index (κ3) is 2.41. The van der Waals surface area contributed by atoms with Crippen LogP contribution in [0.5, 0.6) is 0 Å². The minimum Gasteiger partial charge on any atom is -0.394 e. The van der Waals surface area contributed by atoms with E-state index in [-0.39, 0.29) is 5.56 Å². The van der Waals surface area contributed by atoms with Gasteiger partial charge in [0, 0.05) is 11.8 Å². The smallest absolute Gasteiger partial charge is 0.330 e. The summed E-state index contributed by atoms with van der Waals surface area (Å²) >= 11 is 0. The van der Waals surface area contributed by atoms with Gasteiger partial charge in [-0.15, -0.1) is 0 Å². The van der Waals surface area contributed by atoms with Gasteiger partial charge in [0.2, 0.25) is 0 Å². The average Bonchev–Trinajstić information content (AvgIpc) is 2.41. The molecule has 0 unspecified atom stereocenters. The first-order valence-electron chi connectivity index (χ1n) is 5.99. The van der Waals surface area contributed by atoms with Gasteiger partial charge in [-0.3, -0.25) is 14.3 Å². The molecular formula is C11H16N2O7. The topological polar surface area (TPSA) is 145 Å². The monoisotopic (exact) mass is 288 g/mol. The number of nitrogens with one attached hydrogen (secondary N) is 1. The predicted octanol–water partition coefficient (Wildman–Crippen LogP) is -3.18. The Morgan fingerprint density at radius 2 is 1.90 bits per heavy atom. The number of hydrogen-bond acceptors (Lipinski definition) is 7. The zero-order valence-electron chi connectivity index (χ0n) is 10.6. The first-order chi connectivity index (χ1) is 9.36. The highest BCUT2D eigenvalue weighted by atomic mass is 16.6. The molecule has 2 rings (SSSR count). The van der Waals surface area contributed by atoms with Crippen LogP contribution in [0.4, 0.5) is 0 Å². The molecule has 0 radical (unpaired) electrons. The second kappa shape index (κ2) is 5.46. The fourth-order valence-electron chi connectivity index (χ4n) is 2.09. The summed E-state index contributed by atoms with van der Waals surface area (Å²) in [5, 5.41) is 38.3. The van der Waals surface area contributed by atoms with Crippen molar-refractivity contribution < 1.29 is 25.2 Å². The lowest BCUT2D eigenvalue weighted by molar-refractivity contribution is -0.252. The minimum atomic E-state index is -1.59. The summed E-state index contributed by atoms with van der Waals surface area (Å²) in [5.41, 5.74) is -1.19. The summed E-state index contributed by atoms with van der Waals surface area (Å²) in [6.45, 7) is 0.858. The van der Waals surface area contributed by atoms with Crippen LogP contribution in [0.25, 0.3) is 0 Å². The van der Waals surface area contributed by atoms with Crippen molar-refractivity contribution in [3.05, 3.63) is 32.6 Å². The van der Waals surface area contributed by atoms with E-state index in [9.17, 15) is 24.9 Å². The molecule has 1 aromatic heterocycles. The number of rotatable bonds is 2. The number of H-pyrrole nitrogens is 1. The van der Waals surface area contributed by atoms with E-state index in [1.54, 1.807) is 0 Å². The third-order valence-electron chi connectivity index (χ3n) is 3.29. The van der Waals surface area contributed by atoms with Crippen LogP contribution in [0.1, 0.15) is 11.8 Å². The molecule has 0 amide bonds. The van der Waals surface area contributed by atoms with Crippen molar-refractivity contribution in [2.45, 2.75) is 37.6 Å². The summed E-state index contributed by atoms with van der Waals surface area (Å²) < 4.78 is 6.13. The molecule has 2 heterocycles. The number of aliphatic hydroxyl groups excluding tert-OH is 4. The minimum absolute atomic E-state index is 0.210. The Bertz CT molecular complexity index is 593. The molecule has 1 aliphatic rings. The largest absolute Gasteiger partial charge is 0.394 e. The molecule has 0 aromatic carbocycles. The van der Waals surface area contributed by atoms with Crippen LogP contribution in [0.15, 0.2) is 15.8 Å². The molecule has 5 atom stereocenters. The van der Waals surface area contributed by atoms with Gasteiger partial charge >= 0.3 is 5.69 Å². The molecule has 20 heavy (non-hydrogen) atoms. The molecule has 0 saturated carbocycles. The normalized spacial score (nSPS) is 34.1. The molecule has 0 aliphatic carbocycles. The number of hydrogen-bond donors (Lipinski definition) is 5. The zero-order chi connectivity index (χ0) is 15.0. The molecular weight excluding hydrogens is 272 g/mol. The highest BCUT2D eigenvalue weighted by Crippen LogP contribution is 2.27. The van der Waals surface area contributed by atoms with E-state index in [1.165, 1.54) is 13.1 Å². The van der Waals surface area contributed by atoms with Gasteiger partial charge in [-0.2, -0.15) is 0 Å². The van der Waals surface area contributed by atoms with E-state index in [4.69, 9.17) is 9.84 Å². The summed E-state index contributed by atoms with van der Waals surface area (Å²) in [6.07, 6.45) is -5.97. The van der Waals surface area contributed by atoms with Gasteiger partial charge in [0.25, 0.3) is 5.56 Å². The van der Waals surface area contributed by atoms with E-state index < -0.39 is 48.5 Å². The lowest BCUT2D eigenvalue weighted by atomic mass is 9.98. The predicted molar refractivity (Wildman–Crippen MR) is 65.1 cm³/mol. The van der Waals surface area contributed by atoms with Crippen molar-refractivity contribution >= 4 is 0 Å². The highest BCUT2D eigenvalue weighted by Gasteiger charge is 2.44. The maximum atomic E-state index is 11.7. The molecule has 112 valence electrons. The van der Waals surface area contributed by atoms with Crippen molar-refractivity contribution in [1.82, 2.24) is 9.55 Å². The van der Waals surface area contributed by atoms with Gasteiger partial charge in [-0.25, -0.2) is 4.79 Å². The quantitative estimate of drug-likeness (QED) is 0.385. The van der Waals surface area contributed by atoms with Crippen LogP contribution in [0, 0.1) is 6.92 Å². The molecule has 0 bridgehead atoms. The van der Waals surface area contributed by atoms with E-state index in [0.29, 0.717) is 0 Å². The lowest BCUT2D eigenvalue weighted by Gasteiger charge is -2.40. The van der Waals surface area contributed by atoms with Crippen LogP contribution in [0.3, 0.4) is 0 Å². The second-order valence-electron chi connectivity index (χ2n) is 4.70. The molecule has 0 spiro atoms. The number of nitrogens with zero attached hydrogens (tertiary/aromatic N) is 1. The summed E-state index contributed by atoms with van der Waals surface area (Å²) in [5.74, 6) is 0. The first-order valence-corrected chi connectivity index (χ1v) is 5.99. The Labute approximate surface area is 112 Å². The third-order valence-corrected chi connectivity index (χ3v) is 3.29. The zero-order valence-corrected chi connectivity index (χ0v) is 10.6. The lowest BCUT2D eigenvalue weighted by Crippen LogP contribution is -2.58. The fraction of sp³-hybridized carbons (Fsp3) is 0.636. The Morgan fingerprint density at radius 3 is 2.50 bits per heavy atom. The fourth-order valence-corrected chi connectivity index (χ4v) is 2.09. The van der Waals surface area contributed by atoms with E-state index in [0.717, 1.165) is 4.57 Å². The van der Waals surface area contributed by atoms with E-state index >= 15 is 0 Å². The molecule has 1 aromatic rings. The van der Waals surface area contributed by atoms with Gasteiger partial charge in [-0.1, -0.05) is 0 Å². The molecule has 9 heteroatoms. The number of aromatic amines is 1. The van der Waals surface area contributed by atoms with Gasteiger partial charge in [0.15, 0.2) is 6.23 Å². The van der Waals surface area contributed by atoms with Crippen LogP contribution in [-0.4, -0.2) is 61.0 Å². The van der Waals surface area contributed by atoms with Crippen molar-refractivity contribution in [1.29, 1.82) is 0 Å². The summed E-state index contributed by atoms with van der Waals surface area (Å²) in [6, 6.07) is 0. The molecule has 1 fully saturated rings. The van der Waals surface area contributed by atoms with Crippen LogP contribution in [-0.2, 0) is 4.74 Å². The number of aliphatic hydroxyl groups is 4. The Morgan fingerprint density at radius 1 is 1.25 bits per heavy atom. The van der Waals surface area contributed by atoms with Gasteiger partial charge in [-0.05, 0) is 6.92 Å². The van der Waals surface area contributed by atoms with Gasteiger partial charge in [0.05, 0.1) is 6.61 Å². The second-order valence-corrected chi connectivity index (χ2v) is 4.70. The van der Waals surface area contributed by atoms with Crippen molar-refractivity contribution in [3.8, 4) is 0 Å². The highest BCUT2D eigenvalue weighted by molar-refractivity contribution is 5.03. The van der Waals surface area contributed by atoms with Crippen LogP contribution < -0.4 is 11.2 Å². The van der Waals surface area contributed by atoms with Crippen molar-refractivity contribution in [3.63, 3.8) is 0 Å². The number of ether oxygens (including phenoxy) is 1. The molecule has 9 nitrogen and oxygen atoms in total. The molecule has 1 aliphatic heterocycles. The van der Waals surface area contributed by atoms with E-state index in [2.05, 4.69) is 0 Å². The molecule has 5 N–H and O–H groups in total. The van der Waals surface area contributed by atoms with Crippen LogP contribution in [0.2, 0.25) is 0 Å². The Kier molecular flexibility index (Phi) is 4.06. The van der Waals surface area contributed by atoms with Gasteiger partial charge in [0.1, 0.15) is 24.4 Å². The number of aryl methyl sites for hydroxylation is 1. The van der Waals surface area contributed by atoms with Crippen molar-refractivity contribution in [2.24, 2.45) is 0 Å². The maximum absolute atomic E-state index is 11.7. The number of aromatic nitrogens is 2.